The number of carbonyl (C=O) groups excluding carboxylic acids is 4. The quantitative estimate of drug-likeness (QED) is 0.116. The van der Waals surface area contributed by atoms with Crippen LogP contribution < -0.4 is 5.32 Å². The molecule has 3 amide bonds. The Kier molecular flexibility index (Phi) is 13.2. The summed E-state index contributed by atoms with van der Waals surface area (Å²) < 4.78 is 34.2. The maximum atomic E-state index is 12.5. The molecule has 1 spiro atoms. The van der Waals surface area contributed by atoms with Crippen LogP contribution in [0.3, 0.4) is 0 Å². The number of allylic oxidation sites excluding steroid dienone is 2. The first-order valence-corrected chi connectivity index (χ1v) is 15.7. The van der Waals surface area contributed by atoms with E-state index in [1.54, 1.807) is 41.2 Å². The highest BCUT2D eigenvalue weighted by molar-refractivity contribution is 5.87. The first kappa shape index (κ1) is 37.0. The highest BCUT2D eigenvalue weighted by Crippen LogP contribution is 2.45. The number of epoxide rings is 1. The van der Waals surface area contributed by atoms with Gasteiger partial charge in [-0.05, 0) is 45.6 Å². The van der Waals surface area contributed by atoms with Gasteiger partial charge in [-0.1, -0.05) is 30.7 Å². The Morgan fingerprint density at radius 2 is 1.72 bits per heavy atom. The summed E-state index contributed by atoms with van der Waals surface area (Å²) in [5.41, 5.74) is 0.269. The molecule has 0 saturated carbocycles. The average molecular weight is 650 g/mol. The average Bonchev–Trinajstić information content (AvgIpc) is 3.76. The van der Waals surface area contributed by atoms with Crippen molar-refractivity contribution in [3.8, 4) is 0 Å². The van der Waals surface area contributed by atoms with Crippen LogP contribution in [0.1, 0.15) is 53.4 Å². The lowest BCUT2D eigenvalue weighted by molar-refractivity contribution is -0.158. The zero-order valence-corrected chi connectivity index (χ0v) is 28.5. The van der Waals surface area contributed by atoms with Crippen molar-refractivity contribution in [3.05, 3.63) is 36.0 Å². The van der Waals surface area contributed by atoms with Crippen LogP contribution in [0.5, 0.6) is 0 Å². The minimum atomic E-state index is -0.699. The molecule has 0 radical (unpaired) electrons. The van der Waals surface area contributed by atoms with Crippen molar-refractivity contribution in [2.45, 2.75) is 102 Å². The van der Waals surface area contributed by atoms with Crippen LogP contribution in [0.25, 0.3) is 0 Å². The summed E-state index contributed by atoms with van der Waals surface area (Å²) >= 11 is 0. The van der Waals surface area contributed by atoms with E-state index in [0.717, 1.165) is 12.0 Å². The standard InChI is InChI=1S/C33H51N3O10/c1-20(11-14-27-30(46-32(40)36(7)8)33(19-42-33)18-24(45-27)17-29(38)41-9)10-13-26-21(2)16-25(23(4)44-26)34-28(37)15-12-22(3)43-31(39)35(5)6/h10-12,14-15,21-27,30H,13,16-19H2,1-9H3,(H,34,37)/b14-11+,15-12-,20-10+/t21-,22-,23+,24+,25+,26-,27+,30+,33+/m0/s1. The molecular weight excluding hydrogens is 598 g/mol. The van der Waals surface area contributed by atoms with Crippen LogP contribution in [-0.2, 0) is 38.0 Å². The van der Waals surface area contributed by atoms with E-state index in [-0.39, 0.29) is 42.5 Å². The third-order valence-corrected chi connectivity index (χ3v) is 8.41. The SMILES string of the molecule is COC(=O)C[C@@H]1C[C@@]2(CO2)[C@H](OC(=O)N(C)C)[C@@H](/C=C/C(C)=C/C[C@@H]2O[C@H](C)[C@H](NC(=O)/C=C\[C@H](C)OC(=O)N(C)C)C[C@@H]2C)O1. The van der Waals surface area contributed by atoms with Gasteiger partial charge in [-0.3, -0.25) is 9.59 Å². The van der Waals surface area contributed by atoms with Crippen molar-refractivity contribution in [1.29, 1.82) is 0 Å². The van der Waals surface area contributed by atoms with Gasteiger partial charge in [-0.25, -0.2) is 9.59 Å². The lowest BCUT2D eigenvalue weighted by atomic mass is 9.87. The Morgan fingerprint density at radius 3 is 2.33 bits per heavy atom. The zero-order chi connectivity index (χ0) is 34.2. The van der Waals surface area contributed by atoms with Crippen LogP contribution in [-0.4, -0.2) is 124 Å². The predicted molar refractivity (Wildman–Crippen MR) is 169 cm³/mol. The fourth-order valence-corrected chi connectivity index (χ4v) is 5.53. The minimum Gasteiger partial charge on any atom is -0.469 e. The van der Waals surface area contributed by atoms with Crippen molar-refractivity contribution in [1.82, 2.24) is 15.1 Å². The van der Waals surface area contributed by atoms with Crippen molar-refractivity contribution in [2.75, 3.05) is 41.9 Å². The number of esters is 1. The predicted octanol–water partition coefficient (Wildman–Crippen LogP) is 3.38. The van der Waals surface area contributed by atoms with Gasteiger partial charge in [-0.2, -0.15) is 0 Å². The number of carbonyl (C=O) groups is 4. The van der Waals surface area contributed by atoms with Gasteiger partial charge in [-0.15, -0.1) is 0 Å². The van der Waals surface area contributed by atoms with E-state index in [1.165, 1.54) is 23.0 Å². The molecule has 46 heavy (non-hydrogen) atoms. The number of ether oxygens (including phenoxy) is 6. The Balaban J connectivity index is 1.58. The number of nitrogens with one attached hydrogen (secondary N) is 1. The summed E-state index contributed by atoms with van der Waals surface area (Å²) in [6.45, 7) is 8.12. The number of hydrogen-bond acceptors (Lipinski definition) is 10. The second kappa shape index (κ2) is 16.4. The Bertz CT molecular complexity index is 1180. The third kappa shape index (κ3) is 10.6. The molecule has 0 aliphatic carbocycles. The molecule has 3 saturated heterocycles. The summed E-state index contributed by atoms with van der Waals surface area (Å²) in [4.78, 5) is 51.4. The molecule has 0 aromatic rings. The van der Waals surface area contributed by atoms with E-state index < -0.39 is 42.2 Å². The van der Waals surface area contributed by atoms with Crippen molar-refractivity contribution < 1.29 is 47.6 Å². The smallest absolute Gasteiger partial charge is 0.409 e. The topological polar surface area (TPSA) is 145 Å². The molecule has 0 unspecified atom stereocenters. The Hall–Kier alpha value is -3.42. The lowest BCUT2D eigenvalue weighted by Gasteiger charge is -2.39. The molecule has 13 nitrogen and oxygen atoms in total. The third-order valence-electron chi connectivity index (χ3n) is 8.41. The molecular formula is C33H51N3O10. The van der Waals surface area contributed by atoms with Crippen molar-refractivity contribution in [2.24, 2.45) is 5.92 Å². The van der Waals surface area contributed by atoms with Crippen LogP contribution >= 0.6 is 0 Å². The number of amides is 3. The maximum absolute atomic E-state index is 12.5. The molecule has 0 aromatic carbocycles. The first-order valence-electron chi connectivity index (χ1n) is 15.7. The summed E-state index contributed by atoms with van der Waals surface area (Å²) in [5.74, 6) is -0.470. The molecule has 0 aromatic heterocycles. The monoisotopic (exact) mass is 649 g/mol. The van der Waals surface area contributed by atoms with Gasteiger partial charge in [0.2, 0.25) is 5.91 Å². The van der Waals surface area contributed by atoms with Crippen LogP contribution in [0.4, 0.5) is 9.59 Å². The normalized spacial score (nSPS) is 31.8. The van der Waals surface area contributed by atoms with E-state index in [0.29, 0.717) is 19.4 Å². The molecule has 258 valence electrons. The summed E-state index contributed by atoms with van der Waals surface area (Å²) in [6, 6.07) is -0.159. The Labute approximate surface area is 272 Å². The molecule has 1 N–H and O–H groups in total. The van der Waals surface area contributed by atoms with E-state index in [9.17, 15) is 19.2 Å². The minimum absolute atomic E-state index is 0.0418. The molecule has 3 aliphatic rings. The maximum Gasteiger partial charge on any atom is 0.409 e. The van der Waals surface area contributed by atoms with E-state index >= 15 is 0 Å². The van der Waals surface area contributed by atoms with Gasteiger partial charge < -0.3 is 43.5 Å². The van der Waals surface area contributed by atoms with E-state index in [4.69, 9.17) is 28.4 Å². The van der Waals surface area contributed by atoms with Crippen molar-refractivity contribution in [3.63, 3.8) is 0 Å². The van der Waals surface area contributed by atoms with Gasteiger partial charge in [0.05, 0.1) is 44.5 Å². The van der Waals surface area contributed by atoms with Gasteiger partial charge in [0.15, 0.2) is 6.10 Å². The Morgan fingerprint density at radius 1 is 1.04 bits per heavy atom. The van der Waals surface area contributed by atoms with Crippen LogP contribution in [0.2, 0.25) is 0 Å². The van der Waals surface area contributed by atoms with Crippen LogP contribution in [0.15, 0.2) is 36.0 Å². The summed E-state index contributed by atoms with van der Waals surface area (Å²) in [7, 11) is 7.75. The number of methoxy groups -OCH3 is 1. The van der Waals surface area contributed by atoms with E-state index in [1.807, 2.05) is 26.0 Å². The van der Waals surface area contributed by atoms with Gasteiger partial charge >= 0.3 is 18.2 Å². The fraction of sp³-hybridized carbons (Fsp3) is 0.697. The molecule has 3 aliphatic heterocycles. The van der Waals surface area contributed by atoms with Gasteiger partial charge in [0.1, 0.15) is 17.8 Å². The second-order valence-corrected chi connectivity index (χ2v) is 12.9. The van der Waals surface area contributed by atoms with Gasteiger partial charge in [0, 0.05) is 40.7 Å². The number of hydrogen-bond donors (Lipinski definition) is 1. The second-order valence-electron chi connectivity index (χ2n) is 12.9. The molecule has 9 atom stereocenters. The lowest BCUT2D eigenvalue weighted by Crippen LogP contribution is -2.53. The largest absolute Gasteiger partial charge is 0.469 e. The summed E-state index contributed by atoms with van der Waals surface area (Å²) in [6.07, 6.45) is 7.21. The summed E-state index contributed by atoms with van der Waals surface area (Å²) in [5, 5.41) is 3.01. The zero-order valence-electron chi connectivity index (χ0n) is 28.5. The molecule has 3 fully saturated rings. The van der Waals surface area contributed by atoms with Crippen LogP contribution in [0, 0.1) is 5.92 Å². The highest BCUT2D eigenvalue weighted by atomic mass is 16.7. The highest BCUT2D eigenvalue weighted by Gasteiger charge is 2.61. The van der Waals surface area contributed by atoms with E-state index in [2.05, 4.69) is 18.3 Å². The molecule has 0 bridgehead atoms. The fourth-order valence-electron chi connectivity index (χ4n) is 5.53. The van der Waals surface area contributed by atoms with Crippen molar-refractivity contribution >= 4 is 24.1 Å². The molecule has 3 heterocycles. The number of rotatable bonds is 11. The molecule has 3 rings (SSSR count). The number of nitrogens with zero attached hydrogens (tertiary/aromatic N) is 2. The molecule has 13 heteroatoms. The first-order chi connectivity index (χ1) is 21.6. The van der Waals surface area contributed by atoms with Gasteiger partial charge in [0.25, 0.3) is 0 Å².